The van der Waals surface area contributed by atoms with Gasteiger partial charge in [0.15, 0.2) is 11.4 Å². The number of hydrogen-bond donors (Lipinski definition) is 1. The summed E-state index contributed by atoms with van der Waals surface area (Å²) in [6, 6.07) is 14.8. The monoisotopic (exact) mass is 362 g/mol. The molecule has 0 bridgehead atoms. The molecule has 1 fully saturated rings. The maximum atomic E-state index is 13.1. The molecule has 0 amide bonds. The average Bonchev–Trinajstić information content (AvgIpc) is 3.09. The van der Waals surface area contributed by atoms with Crippen LogP contribution < -0.4 is 10.2 Å². The average molecular weight is 362 g/mol. The maximum Gasteiger partial charge on any atom is 0.196 e. The molecule has 6 heteroatoms. The van der Waals surface area contributed by atoms with Gasteiger partial charge in [-0.05, 0) is 49.2 Å². The molecule has 1 saturated heterocycles. The summed E-state index contributed by atoms with van der Waals surface area (Å²) in [4.78, 5) is 11.2. The lowest BCUT2D eigenvalue weighted by atomic mass is 10.0. The molecule has 27 heavy (non-hydrogen) atoms. The minimum atomic E-state index is -0.214. The molecule has 0 unspecified atom stereocenters. The van der Waals surface area contributed by atoms with Crippen molar-refractivity contribution in [3.63, 3.8) is 0 Å². The number of piperidine rings is 1. The van der Waals surface area contributed by atoms with Crippen molar-refractivity contribution in [3.05, 3.63) is 60.7 Å². The molecule has 4 aromatic rings. The van der Waals surface area contributed by atoms with Gasteiger partial charge in [0.2, 0.25) is 0 Å². The van der Waals surface area contributed by atoms with Gasteiger partial charge in [-0.3, -0.25) is 0 Å². The van der Waals surface area contributed by atoms with Crippen molar-refractivity contribution >= 4 is 33.6 Å². The lowest BCUT2D eigenvalue weighted by molar-refractivity contribution is 0.521. The van der Waals surface area contributed by atoms with Crippen molar-refractivity contribution in [3.8, 4) is 0 Å². The smallest absolute Gasteiger partial charge is 0.196 e. The van der Waals surface area contributed by atoms with E-state index >= 15 is 0 Å². The highest BCUT2D eigenvalue weighted by atomic mass is 19.1. The normalized spacial score (nSPS) is 15.5. The third kappa shape index (κ3) is 2.97. The van der Waals surface area contributed by atoms with Crippen LogP contribution in [0, 0.1) is 5.82 Å². The van der Waals surface area contributed by atoms with Crippen molar-refractivity contribution in [1.29, 1.82) is 0 Å². The van der Waals surface area contributed by atoms with Gasteiger partial charge in [0.1, 0.15) is 23.2 Å². The molecule has 0 radical (unpaired) electrons. The van der Waals surface area contributed by atoms with Gasteiger partial charge in [-0.2, -0.15) is 0 Å². The summed E-state index contributed by atoms with van der Waals surface area (Å²) in [6.45, 7) is 1.75. The highest BCUT2D eigenvalue weighted by molar-refractivity contribution is 6.05. The molecule has 5 nitrogen and oxygen atoms in total. The van der Waals surface area contributed by atoms with Crippen molar-refractivity contribution in [1.82, 2.24) is 9.97 Å². The highest BCUT2D eigenvalue weighted by Crippen LogP contribution is 2.33. The maximum absolute atomic E-state index is 13.1. The van der Waals surface area contributed by atoms with Crippen molar-refractivity contribution in [2.75, 3.05) is 23.3 Å². The molecule has 0 aliphatic carbocycles. The van der Waals surface area contributed by atoms with E-state index in [0.29, 0.717) is 6.04 Å². The molecule has 136 valence electrons. The third-order valence-electron chi connectivity index (χ3n) is 5.15. The zero-order valence-corrected chi connectivity index (χ0v) is 14.7. The first-order valence-electron chi connectivity index (χ1n) is 9.17. The van der Waals surface area contributed by atoms with Gasteiger partial charge in [0.05, 0.1) is 0 Å². The standard InChI is InChI=1S/C21H19FN4O/c22-14-5-7-15(8-6-14)25-16-9-11-26(12-10-16)21-20-19(23-13-24-21)17-3-1-2-4-18(17)27-20/h1-8,13,16,25H,9-12H2. The number of benzene rings is 2. The third-order valence-corrected chi connectivity index (χ3v) is 5.15. The molecular weight excluding hydrogens is 343 g/mol. The molecule has 1 N–H and O–H groups in total. The Morgan fingerprint density at radius 1 is 1.00 bits per heavy atom. The van der Waals surface area contributed by atoms with E-state index in [1.165, 1.54) is 12.1 Å². The minimum absolute atomic E-state index is 0.214. The van der Waals surface area contributed by atoms with Crippen LogP contribution in [0.3, 0.4) is 0 Å². The number of rotatable bonds is 3. The first-order chi connectivity index (χ1) is 13.3. The molecule has 2 aromatic carbocycles. The van der Waals surface area contributed by atoms with Crippen molar-refractivity contribution in [2.24, 2.45) is 0 Å². The SMILES string of the molecule is Fc1ccc(NC2CCN(c3ncnc4c3oc3ccccc34)CC2)cc1. The summed E-state index contributed by atoms with van der Waals surface area (Å²) >= 11 is 0. The van der Waals surface area contributed by atoms with Gasteiger partial charge in [-0.25, -0.2) is 14.4 Å². The molecule has 2 aromatic heterocycles. The zero-order valence-electron chi connectivity index (χ0n) is 14.7. The van der Waals surface area contributed by atoms with Crippen LogP contribution in [0.5, 0.6) is 0 Å². The Balaban J connectivity index is 1.35. The summed E-state index contributed by atoms with van der Waals surface area (Å²) in [5.74, 6) is 0.644. The number of nitrogens with one attached hydrogen (secondary N) is 1. The van der Waals surface area contributed by atoms with Gasteiger partial charge >= 0.3 is 0 Å². The van der Waals surface area contributed by atoms with Crippen LogP contribution in [-0.4, -0.2) is 29.1 Å². The number of fused-ring (bicyclic) bond motifs is 3. The minimum Gasteiger partial charge on any atom is -0.450 e. The van der Waals surface area contributed by atoms with E-state index in [4.69, 9.17) is 4.42 Å². The van der Waals surface area contributed by atoms with Crippen LogP contribution in [0.1, 0.15) is 12.8 Å². The Hall–Kier alpha value is -3.15. The van der Waals surface area contributed by atoms with Crippen LogP contribution >= 0.6 is 0 Å². The lowest BCUT2D eigenvalue weighted by Crippen LogP contribution is -2.39. The number of anilines is 2. The Kier molecular flexibility index (Phi) is 3.89. The van der Waals surface area contributed by atoms with Crippen LogP contribution in [0.4, 0.5) is 15.9 Å². The fourth-order valence-corrected chi connectivity index (χ4v) is 3.75. The summed E-state index contributed by atoms with van der Waals surface area (Å²) < 4.78 is 19.1. The van der Waals surface area contributed by atoms with Crippen LogP contribution in [0.25, 0.3) is 22.1 Å². The van der Waals surface area contributed by atoms with Crippen LogP contribution in [-0.2, 0) is 0 Å². The van der Waals surface area contributed by atoms with E-state index in [1.807, 2.05) is 24.3 Å². The fraction of sp³-hybridized carbons (Fsp3) is 0.238. The van der Waals surface area contributed by atoms with Gasteiger partial charge in [-0.1, -0.05) is 12.1 Å². The van der Waals surface area contributed by atoms with Crippen LogP contribution in [0.2, 0.25) is 0 Å². The Labute approximate surface area is 155 Å². The van der Waals surface area contributed by atoms with Gasteiger partial charge in [-0.15, -0.1) is 0 Å². The second-order valence-corrected chi connectivity index (χ2v) is 6.89. The van der Waals surface area contributed by atoms with E-state index in [1.54, 1.807) is 18.5 Å². The second-order valence-electron chi connectivity index (χ2n) is 6.89. The molecule has 0 saturated carbocycles. The van der Waals surface area contributed by atoms with Gasteiger partial charge in [0.25, 0.3) is 0 Å². The summed E-state index contributed by atoms with van der Waals surface area (Å²) in [5.41, 5.74) is 3.41. The fourth-order valence-electron chi connectivity index (χ4n) is 3.75. The number of hydrogen-bond acceptors (Lipinski definition) is 5. The van der Waals surface area contributed by atoms with E-state index in [-0.39, 0.29) is 5.82 Å². The molecule has 0 atom stereocenters. The first-order valence-corrected chi connectivity index (χ1v) is 9.17. The second kappa shape index (κ2) is 6.54. The number of para-hydroxylation sites is 1. The van der Waals surface area contributed by atoms with Crippen molar-refractivity contribution < 1.29 is 8.81 Å². The Morgan fingerprint density at radius 3 is 2.59 bits per heavy atom. The Bertz CT molecular complexity index is 1080. The zero-order chi connectivity index (χ0) is 18.2. The largest absolute Gasteiger partial charge is 0.450 e. The van der Waals surface area contributed by atoms with E-state index in [9.17, 15) is 4.39 Å². The summed E-state index contributed by atoms with van der Waals surface area (Å²) in [6.07, 6.45) is 3.56. The topological polar surface area (TPSA) is 54.2 Å². The highest BCUT2D eigenvalue weighted by Gasteiger charge is 2.23. The summed E-state index contributed by atoms with van der Waals surface area (Å²) in [7, 11) is 0. The van der Waals surface area contributed by atoms with E-state index < -0.39 is 0 Å². The molecular formula is C21H19FN4O. The van der Waals surface area contributed by atoms with Gasteiger partial charge < -0.3 is 14.6 Å². The first kappa shape index (κ1) is 16.1. The number of aromatic nitrogens is 2. The molecule has 5 rings (SSSR count). The van der Waals surface area contributed by atoms with Gasteiger partial charge in [0, 0.05) is 30.2 Å². The van der Waals surface area contributed by atoms with Crippen LogP contribution in [0.15, 0.2) is 59.3 Å². The van der Waals surface area contributed by atoms with E-state index in [2.05, 4.69) is 20.2 Å². The molecule has 1 aliphatic rings. The Morgan fingerprint density at radius 2 is 1.78 bits per heavy atom. The quantitative estimate of drug-likeness (QED) is 0.577. The summed E-state index contributed by atoms with van der Waals surface area (Å²) in [5, 5.41) is 4.51. The number of furan rings is 1. The van der Waals surface area contributed by atoms with E-state index in [0.717, 1.165) is 59.5 Å². The molecule has 1 aliphatic heterocycles. The molecule has 0 spiro atoms. The predicted molar refractivity (Wildman–Crippen MR) is 105 cm³/mol. The molecule has 3 heterocycles. The predicted octanol–water partition coefficient (Wildman–Crippen LogP) is 4.60. The lowest BCUT2D eigenvalue weighted by Gasteiger charge is -2.33. The number of nitrogens with zero attached hydrogens (tertiary/aromatic N) is 3. The van der Waals surface area contributed by atoms with Crippen molar-refractivity contribution in [2.45, 2.75) is 18.9 Å². The number of halogens is 1.